The molecule has 1 aromatic carbocycles. The molecule has 0 aliphatic carbocycles. The van der Waals surface area contributed by atoms with Crippen molar-refractivity contribution >= 4 is 27.5 Å². The number of carbonyl (C=O) groups is 1. The number of amides is 1. The predicted octanol–water partition coefficient (Wildman–Crippen LogP) is 2.45. The number of hydrogen-bond donors (Lipinski definition) is 1. The summed E-state index contributed by atoms with van der Waals surface area (Å²) in [5, 5.41) is 3.53. The van der Waals surface area contributed by atoms with Gasteiger partial charge in [-0.15, -0.1) is 0 Å². The lowest BCUT2D eigenvalue weighted by atomic mass is 10.3. The summed E-state index contributed by atoms with van der Waals surface area (Å²) in [5.41, 5.74) is 0.755. The molecule has 112 valence electrons. The Hall–Kier alpha value is -1.11. The van der Waals surface area contributed by atoms with Crippen LogP contribution in [0, 0.1) is 0 Å². The average Bonchev–Trinajstić information content (AvgIpc) is 2.43. The SMILES string of the molecule is CC(=O)Nc1ccc(OCCOCCOCCBr)cc1. The number of benzene rings is 1. The zero-order chi connectivity index (χ0) is 14.6. The molecule has 1 rings (SSSR count). The molecule has 0 atom stereocenters. The zero-order valence-electron chi connectivity index (χ0n) is 11.6. The van der Waals surface area contributed by atoms with Gasteiger partial charge < -0.3 is 19.5 Å². The van der Waals surface area contributed by atoms with Crippen molar-refractivity contribution in [3.63, 3.8) is 0 Å². The van der Waals surface area contributed by atoms with E-state index in [4.69, 9.17) is 14.2 Å². The van der Waals surface area contributed by atoms with E-state index in [0.717, 1.165) is 16.8 Å². The molecule has 1 N–H and O–H groups in total. The van der Waals surface area contributed by atoms with Gasteiger partial charge in [0.15, 0.2) is 0 Å². The molecule has 0 bridgehead atoms. The predicted molar refractivity (Wildman–Crippen MR) is 81.7 cm³/mol. The van der Waals surface area contributed by atoms with Crippen molar-refractivity contribution in [2.24, 2.45) is 0 Å². The molecule has 1 amide bonds. The van der Waals surface area contributed by atoms with Crippen LogP contribution in [-0.4, -0.2) is 44.3 Å². The molecule has 0 saturated carbocycles. The van der Waals surface area contributed by atoms with E-state index in [0.29, 0.717) is 33.0 Å². The maximum Gasteiger partial charge on any atom is 0.221 e. The molecule has 0 heterocycles. The van der Waals surface area contributed by atoms with Crippen LogP contribution in [0.25, 0.3) is 0 Å². The van der Waals surface area contributed by atoms with Gasteiger partial charge in [0.05, 0.1) is 26.4 Å². The third-order valence-electron chi connectivity index (χ3n) is 2.26. The van der Waals surface area contributed by atoms with Crippen molar-refractivity contribution in [2.45, 2.75) is 6.92 Å². The van der Waals surface area contributed by atoms with Crippen LogP contribution in [0.1, 0.15) is 6.92 Å². The van der Waals surface area contributed by atoms with Crippen LogP contribution in [-0.2, 0) is 14.3 Å². The molecule has 0 aliphatic rings. The lowest BCUT2D eigenvalue weighted by Crippen LogP contribution is -2.11. The van der Waals surface area contributed by atoms with Gasteiger partial charge in [-0.2, -0.15) is 0 Å². The number of alkyl halides is 1. The first-order valence-corrected chi connectivity index (χ1v) is 7.56. The molecule has 0 radical (unpaired) electrons. The Morgan fingerprint density at radius 2 is 1.65 bits per heavy atom. The minimum absolute atomic E-state index is 0.0887. The lowest BCUT2D eigenvalue weighted by molar-refractivity contribution is -0.114. The van der Waals surface area contributed by atoms with Crippen LogP contribution >= 0.6 is 15.9 Å². The Labute approximate surface area is 127 Å². The van der Waals surface area contributed by atoms with Gasteiger partial charge in [-0.05, 0) is 24.3 Å². The van der Waals surface area contributed by atoms with Crippen LogP contribution in [0.3, 0.4) is 0 Å². The van der Waals surface area contributed by atoms with E-state index in [1.807, 2.05) is 12.1 Å². The fraction of sp³-hybridized carbons (Fsp3) is 0.500. The fourth-order valence-corrected chi connectivity index (χ4v) is 1.66. The summed E-state index contributed by atoms with van der Waals surface area (Å²) >= 11 is 3.28. The Kier molecular flexibility index (Phi) is 9.02. The Morgan fingerprint density at radius 3 is 2.25 bits per heavy atom. The smallest absolute Gasteiger partial charge is 0.221 e. The summed E-state index contributed by atoms with van der Waals surface area (Å²) in [6, 6.07) is 7.21. The lowest BCUT2D eigenvalue weighted by Gasteiger charge is -2.08. The molecule has 0 saturated heterocycles. The molecule has 0 aliphatic heterocycles. The summed E-state index contributed by atoms with van der Waals surface area (Å²) in [5.74, 6) is 0.660. The van der Waals surface area contributed by atoms with Gasteiger partial charge in [0.1, 0.15) is 12.4 Å². The van der Waals surface area contributed by atoms with Gasteiger partial charge in [0.25, 0.3) is 0 Å². The third-order valence-corrected chi connectivity index (χ3v) is 2.59. The monoisotopic (exact) mass is 345 g/mol. The van der Waals surface area contributed by atoms with Gasteiger partial charge in [-0.1, -0.05) is 15.9 Å². The second kappa shape index (κ2) is 10.7. The second-order valence-corrected chi connectivity index (χ2v) is 4.76. The Morgan fingerprint density at radius 1 is 1.05 bits per heavy atom. The molecule has 1 aromatic rings. The molecule has 6 heteroatoms. The number of rotatable bonds is 10. The first-order valence-electron chi connectivity index (χ1n) is 6.44. The molecule has 0 spiro atoms. The summed E-state index contributed by atoms with van der Waals surface area (Å²) in [6.45, 7) is 4.34. The number of hydrogen-bond acceptors (Lipinski definition) is 4. The van der Waals surface area contributed by atoms with E-state index >= 15 is 0 Å². The third kappa shape index (κ3) is 8.14. The van der Waals surface area contributed by atoms with Crippen molar-refractivity contribution < 1.29 is 19.0 Å². The van der Waals surface area contributed by atoms with E-state index in [-0.39, 0.29) is 5.91 Å². The average molecular weight is 346 g/mol. The summed E-state index contributed by atoms with van der Waals surface area (Å²) in [4.78, 5) is 10.9. The van der Waals surface area contributed by atoms with Gasteiger partial charge in [-0.3, -0.25) is 4.79 Å². The standard InChI is InChI=1S/C14H20BrNO4/c1-12(17)16-13-2-4-14(5-3-13)20-11-10-19-9-8-18-7-6-15/h2-5H,6-11H2,1H3,(H,16,17). The highest BCUT2D eigenvalue weighted by molar-refractivity contribution is 9.09. The van der Waals surface area contributed by atoms with Crippen molar-refractivity contribution in [1.82, 2.24) is 0 Å². The van der Waals surface area contributed by atoms with Crippen molar-refractivity contribution in [2.75, 3.05) is 43.7 Å². The van der Waals surface area contributed by atoms with Gasteiger partial charge in [0, 0.05) is 17.9 Å². The van der Waals surface area contributed by atoms with Gasteiger partial charge in [-0.25, -0.2) is 0 Å². The molecule has 0 fully saturated rings. The van der Waals surface area contributed by atoms with E-state index in [9.17, 15) is 4.79 Å². The van der Waals surface area contributed by atoms with Crippen molar-refractivity contribution in [3.05, 3.63) is 24.3 Å². The summed E-state index contributed by atoms with van der Waals surface area (Å²) < 4.78 is 16.1. The molecular weight excluding hydrogens is 326 g/mol. The highest BCUT2D eigenvalue weighted by Crippen LogP contribution is 2.15. The maximum absolute atomic E-state index is 10.9. The number of carbonyl (C=O) groups excluding carboxylic acids is 1. The minimum atomic E-state index is -0.0887. The molecule has 5 nitrogen and oxygen atoms in total. The highest BCUT2D eigenvalue weighted by Gasteiger charge is 1.97. The van der Waals surface area contributed by atoms with Crippen LogP contribution in [0.4, 0.5) is 5.69 Å². The molecule has 0 unspecified atom stereocenters. The minimum Gasteiger partial charge on any atom is -0.491 e. The normalized spacial score (nSPS) is 10.3. The van der Waals surface area contributed by atoms with Crippen molar-refractivity contribution in [3.8, 4) is 5.75 Å². The number of ether oxygens (including phenoxy) is 3. The fourth-order valence-electron chi connectivity index (χ4n) is 1.43. The first-order chi connectivity index (χ1) is 9.72. The second-order valence-electron chi connectivity index (χ2n) is 3.97. The topological polar surface area (TPSA) is 56.8 Å². The largest absolute Gasteiger partial charge is 0.491 e. The molecule has 0 aromatic heterocycles. The van der Waals surface area contributed by atoms with E-state index < -0.39 is 0 Å². The van der Waals surface area contributed by atoms with Crippen molar-refractivity contribution in [1.29, 1.82) is 0 Å². The van der Waals surface area contributed by atoms with Gasteiger partial charge >= 0.3 is 0 Å². The van der Waals surface area contributed by atoms with E-state index in [1.54, 1.807) is 12.1 Å². The molecular formula is C14H20BrNO4. The van der Waals surface area contributed by atoms with E-state index in [2.05, 4.69) is 21.2 Å². The van der Waals surface area contributed by atoms with Gasteiger partial charge in [0.2, 0.25) is 5.91 Å². The maximum atomic E-state index is 10.9. The molecule has 20 heavy (non-hydrogen) atoms. The van der Waals surface area contributed by atoms with Crippen LogP contribution < -0.4 is 10.1 Å². The Balaban J connectivity index is 2.08. The van der Waals surface area contributed by atoms with E-state index in [1.165, 1.54) is 6.92 Å². The summed E-state index contributed by atoms with van der Waals surface area (Å²) in [6.07, 6.45) is 0. The number of anilines is 1. The first kappa shape index (κ1) is 16.9. The quantitative estimate of drug-likeness (QED) is 0.522. The van der Waals surface area contributed by atoms with Crippen LogP contribution in [0.15, 0.2) is 24.3 Å². The highest BCUT2D eigenvalue weighted by atomic mass is 79.9. The number of halogens is 1. The zero-order valence-corrected chi connectivity index (χ0v) is 13.1. The summed E-state index contributed by atoms with van der Waals surface area (Å²) in [7, 11) is 0. The van der Waals surface area contributed by atoms with Crippen LogP contribution in [0.5, 0.6) is 5.75 Å². The van der Waals surface area contributed by atoms with Crippen LogP contribution in [0.2, 0.25) is 0 Å². The Bertz CT molecular complexity index is 383. The number of nitrogens with one attached hydrogen (secondary N) is 1.